The van der Waals surface area contributed by atoms with E-state index in [-0.39, 0.29) is 0 Å². The molecule has 0 aliphatic carbocycles. The summed E-state index contributed by atoms with van der Waals surface area (Å²) < 4.78 is 4.93. The highest BCUT2D eigenvalue weighted by molar-refractivity contribution is 4.69. The number of aliphatic hydroxyl groups excluding tert-OH is 1. The minimum atomic E-state index is -0.781. The van der Waals surface area contributed by atoms with Crippen LogP contribution in [0, 0.1) is 0 Å². The van der Waals surface area contributed by atoms with Gasteiger partial charge in [-0.25, -0.2) is 0 Å². The highest BCUT2D eigenvalue weighted by atomic mass is 16.6. The van der Waals surface area contributed by atoms with Crippen LogP contribution in [-0.4, -0.2) is 18.0 Å². The molecule has 0 aromatic rings. The second-order valence-electron chi connectivity index (χ2n) is 2.20. The van der Waals surface area contributed by atoms with Crippen LogP contribution in [0.15, 0.2) is 12.7 Å². The molecule has 0 radical (unpaired) electrons. The van der Waals surface area contributed by atoms with Crippen LogP contribution < -0.4 is 0 Å². The van der Waals surface area contributed by atoms with E-state index in [4.69, 9.17) is 9.84 Å². The summed E-state index contributed by atoms with van der Waals surface area (Å²) in [4.78, 5) is 0. The molecule has 0 rings (SSSR count). The highest BCUT2D eigenvalue weighted by Gasteiger charge is 1.94. The average Bonchev–Trinajstić information content (AvgIpc) is 1.98. The van der Waals surface area contributed by atoms with Crippen LogP contribution in [0.5, 0.6) is 0 Å². The SMILES string of the molecule is C=CC(O)OCCCCC. The Kier molecular flexibility index (Phi) is 6.55. The van der Waals surface area contributed by atoms with Crippen molar-refractivity contribution < 1.29 is 9.84 Å². The number of ether oxygens (including phenoxy) is 1. The standard InChI is InChI=1S/C8H16O2/c1-3-5-6-7-10-8(9)4-2/h4,8-9H,2-3,5-7H2,1H3. The van der Waals surface area contributed by atoms with E-state index in [9.17, 15) is 0 Å². The lowest BCUT2D eigenvalue weighted by molar-refractivity contribution is -0.0648. The highest BCUT2D eigenvalue weighted by Crippen LogP contribution is 1.96. The summed E-state index contributed by atoms with van der Waals surface area (Å²) in [5.41, 5.74) is 0. The monoisotopic (exact) mass is 144 g/mol. The molecule has 2 heteroatoms. The minimum Gasteiger partial charge on any atom is -0.365 e. The Morgan fingerprint density at radius 1 is 1.60 bits per heavy atom. The first-order valence-electron chi connectivity index (χ1n) is 3.73. The molecule has 1 N–H and O–H groups in total. The third-order valence-corrected chi connectivity index (χ3v) is 1.24. The predicted octanol–water partition coefficient (Wildman–Crippen LogP) is 1.70. The molecule has 0 aliphatic heterocycles. The van der Waals surface area contributed by atoms with E-state index in [0.717, 1.165) is 12.8 Å². The van der Waals surface area contributed by atoms with Gasteiger partial charge in [0.25, 0.3) is 0 Å². The van der Waals surface area contributed by atoms with Gasteiger partial charge in [-0.15, -0.1) is 0 Å². The molecule has 0 amide bonds. The van der Waals surface area contributed by atoms with Crippen molar-refractivity contribution in [1.29, 1.82) is 0 Å². The topological polar surface area (TPSA) is 29.5 Å². The summed E-state index contributed by atoms with van der Waals surface area (Å²) in [6.07, 6.45) is 3.95. The van der Waals surface area contributed by atoms with Gasteiger partial charge in [0.15, 0.2) is 6.29 Å². The summed E-state index contributed by atoms with van der Waals surface area (Å²) in [5, 5.41) is 8.82. The first-order chi connectivity index (χ1) is 4.81. The zero-order chi connectivity index (χ0) is 7.82. The third kappa shape index (κ3) is 5.79. The summed E-state index contributed by atoms with van der Waals surface area (Å²) >= 11 is 0. The minimum absolute atomic E-state index is 0.626. The normalized spacial score (nSPS) is 13.0. The van der Waals surface area contributed by atoms with E-state index < -0.39 is 6.29 Å². The van der Waals surface area contributed by atoms with Crippen LogP contribution >= 0.6 is 0 Å². The molecule has 0 saturated carbocycles. The van der Waals surface area contributed by atoms with Crippen LogP contribution in [0.3, 0.4) is 0 Å². The van der Waals surface area contributed by atoms with Gasteiger partial charge < -0.3 is 9.84 Å². The maximum Gasteiger partial charge on any atom is 0.173 e. The first kappa shape index (κ1) is 9.66. The molecule has 2 nitrogen and oxygen atoms in total. The smallest absolute Gasteiger partial charge is 0.173 e. The van der Waals surface area contributed by atoms with Gasteiger partial charge in [-0.05, 0) is 12.5 Å². The Hall–Kier alpha value is -0.340. The molecular formula is C8H16O2. The van der Waals surface area contributed by atoms with Crippen molar-refractivity contribution in [3.8, 4) is 0 Å². The van der Waals surface area contributed by atoms with E-state index in [1.807, 2.05) is 0 Å². The quantitative estimate of drug-likeness (QED) is 0.349. The Morgan fingerprint density at radius 3 is 2.80 bits per heavy atom. The number of rotatable bonds is 6. The van der Waals surface area contributed by atoms with Crippen molar-refractivity contribution in [1.82, 2.24) is 0 Å². The van der Waals surface area contributed by atoms with E-state index in [1.54, 1.807) is 0 Å². The van der Waals surface area contributed by atoms with Crippen molar-refractivity contribution in [3.05, 3.63) is 12.7 Å². The molecule has 0 heterocycles. The third-order valence-electron chi connectivity index (χ3n) is 1.24. The van der Waals surface area contributed by atoms with Crippen LogP contribution in [-0.2, 0) is 4.74 Å². The fraction of sp³-hybridized carbons (Fsp3) is 0.750. The maximum absolute atomic E-state index is 8.82. The summed E-state index contributed by atoms with van der Waals surface area (Å²) in [5.74, 6) is 0. The van der Waals surface area contributed by atoms with Gasteiger partial charge in [0.05, 0.1) is 6.61 Å². The van der Waals surface area contributed by atoms with Crippen LogP contribution in [0.1, 0.15) is 26.2 Å². The van der Waals surface area contributed by atoms with Gasteiger partial charge in [0.2, 0.25) is 0 Å². The van der Waals surface area contributed by atoms with Gasteiger partial charge in [-0.1, -0.05) is 26.3 Å². The Bertz CT molecular complexity index is 81.3. The maximum atomic E-state index is 8.82. The summed E-state index contributed by atoms with van der Waals surface area (Å²) in [7, 11) is 0. The fourth-order valence-corrected chi connectivity index (χ4v) is 0.624. The Balaban J connectivity index is 2.95. The van der Waals surface area contributed by atoms with Gasteiger partial charge >= 0.3 is 0 Å². The van der Waals surface area contributed by atoms with Crippen LogP contribution in [0.2, 0.25) is 0 Å². The molecule has 0 aromatic carbocycles. The van der Waals surface area contributed by atoms with E-state index in [2.05, 4.69) is 13.5 Å². The number of hydrogen-bond donors (Lipinski definition) is 1. The summed E-state index contributed by atoms with van der Waals surface area (Å²) in [6.45, 7) is 6.14. The van der Waals surface area contributed by atoms with E-state index in [1.165, 1.54) is 12.5 Å². The number of aliphatic hydroxyl groups is 1. The molecule has 0 aliphatic rings. The van der Waals surface area contributed by atoms with Crippen molar-refractivity contribution in [2.75, 3.05) is 6.61 Å². The second-order valence-corrected chi connectivity index (χ2v) is 2.20. The largest absolute Gasteiger partial charge is 0.365 e. The molecule has 0 fully saturated rings. The number of unbranched alkanes of at least 4 members (excludes halogenated alkanes) is 2. The molecule has 1 unspecified atom stereocenters. The molecule has 60 valence electrons. The lowest BCUT2D eigenvalue weighted by Crippen LogP contribution is -2.08. The zero-order valence-electron chi connectivity index (χ0n) is 6.55. The zero-order valence-corrected chi connectivity index (χ0v) is 6.55. The average molecular weight is 144 g/mol. The van der Waals surface area contributed by atoms with Crippen LogP contribution in [0.4, 0.5) is 0 Å². The Morgan fingerprint density at radius 2 is 2.30 bits per heavy atom. The predicted molar refractivity (Wildman–Crippen MR) is 41.7 cm³/mol. The van der Waals surface area contributed by atoms with E-state index >= 15 is 0 Å². The molecular weight excluding hydrogens is 128 g/mol. The van der Waals surface area contributed by atoms with Gasteiger partial charge in [-0.2, -0.15) is 0 Å². The van der Waals surface area contributed by atoms with Crippen molar-refractivity contribution in [3.63, 3.8) is 0 Å². The molecule has 0 bridgehead atoms. The van der Waals surface area contributed by atoms with Crippen LogP contribution in [0.25, 0.3) is 0 Å². The van der Waals surface area contributed by atoms with Crippen molar-refractivity contribution in [2.45, 2.75) is 32.5 Å². The lowest BCUT2D eigenvalue weighted by Gasteiger charge is -2.05. The second kappa shape index (κ2) is 6.78. The molecule has 0 aromatic heterocycles. The summed E-state index contributed by atoms with van der Waals surface area (Å²) in [6, 6.07) is 0. The Labute approximate surface area is 62.5 Å². The molecule has 1 atom stereocenters. The van der Waals surface area contributed by atoms with E-state index in [0.29, 0.717) is 6.61 Å². The number of hydrogen-bond acceptors (Lipinski definition) is 2. The van der Waals surface area contributed by atoms with Crippen molar-refractivity contribution in [2.24, 2.45) is 0 Å². The van der Waals surface area contributed by atoms with Gasteiger partial charge in [-0.3, -0.25) is 0 Å². The first-order valence-corrected chi connectivity index (χ1v) is 3.73. The fourth-order valence-electron chi connectivity index (χ4n) is 0.624. The molecule has 0 saturated heterocycles. The van der Waals surface area contributed by atoms with Gasteiger partial charge in [0, 0.05) is 0 Å². The van der Waals surface area contributed by atoms with Crippen molar-refractivity contribution >= 4 is 0 Å². The lowest BCUT2D eigenvalue weighted by atomic mass is 10.3. The molecule has 10 heavy (non-hydrogen) atoms. The van der Waals surface area contributed by atoms with Gasteiger partial charge in [0.1, 0.15) is 0 Å². The molecule has 0 spiro atoms.